The predicted octanol–water partition coefficient (Wildman–Crippen LogP) is 7.38. The minimum absolute atomic E-state index is 0.285. The molecule has 0 aliphatic rings. The smallest absolute Gasteiger partial charge is 0.343 e. The Bertz CT molecular complexity index is 1760. The number of rotatable bonds is 10. The highest BCUT2D eigenvalue weighted by molar-refractivity contribution is 9.10. The number of aromatic nitrogens is 1. The zero-order valence-electron chi connectivity index (χ0n) is 23.0. The van der Waals surface area contributed by atoms with Crippen molar-refractivity contribution in [1.29, 1.82) is 0 Å². The van der Waals surface area contributed by atoms with Gasteiger partial charge in [0, 0.05) is 26.5 Å². The average molecular weight is 627 g/mol. The lowest BCUT2D eigenvalue weighted by Gasteiger charge is -2.12. The van der Waals surface area contributed by atoms with Crippen molar-refractivity contribution in [2.24, 2.45) is 5.10 Å². The van der Waals surface area contributed by atoms with Crippen LogP contribution in [0.1, 0.15) is 40.3 Å². The molecule has 0 fully saturated rings. The molecule has 1 aromatic heterocycles. The van der Waals surface area contributed by atoms with E-state index in [9.17, 15) is 9.59 Å². The Labute approximate surface area is 251 Å². The molecule has 1 heterocycles. The summed E-state index contributed by atoms with van der Waals surface area (Å²) in [4.78, 5) is 29.5. The van der Waals surface area contributed by atoms with E-state index < -0.39 is 11.9 Å². The number of carbonyl (C=O) groups is 2. The molecule has 42 heavy (non-hydrogen) atoms. The van der Waals surface area contributed by atoms with Crippen molar-refractivity contribution >= 4 is 44.9 Å². The first-order valence-electron chi connectivity index (χ1n) is 13.4. The van der Waals surface area contributed by atoms with Gasteiger partial charge in [0.05, 0.1) is 25.0 Å². The van der Waals surface area contributed by atoms with Gasteiger partial charge in [0.2, 0.25) is 0 Å². The molecule has 0 atom stereocenters. The molecule has 0 unspecified atom stereocenters. The van der Waals surface area contributed by atoms with Gasteiger partial charge in [-0.15, -0.1) is 0 Å². The normalized spacial score (nSPS) is 11.0. The van der Waals surface area contributed by atoms with E-state index in [1.807, 2.05) is 62.4 Å². The molecule has 5 aromatic rings. The number of nitrogens with one attached hydrogen (secondary N) is 2. The standard InChI is InChI=1S/C33H28BrN3O5/c1-3-40-28-17-14-22(18-29(28)41-4-2)33(39)42-27-13-9-8-12-23(27)20-35-37-32(38)31-30(21-10-6-5-7-11-21)25-19-24(34)15-16-26(25)36-31/h5-20,36H,3-4H2,1-2H3,(H,37,38). The van der Waals surface area contributed by atoms with Crippen molar-refractivity contribution in [2.45, 2.75) is 13.8 Å². The van der Waals surface area contributed by atoms with Crippen LogP contribution in [0.3, 0.4) is 0 Å². The lowest BCUT2D eigenvalue weighted by atomic mass is 10.0. The third-order valence-electron chi connectivity index (χ3n) is 6.32. The number of hydrogen-bond acceptors (Lipinski definition) is 6. The van der Waals surface area contributed by atoms with Gasteiger partial charge < -0.3 is 19.2 Å². The predicted molar refractivity (Wildman–Crippen MR) is 167 cm³/mol. The number of fused-ring (bicyclic) bond motifs is 1. The van der Waals surface area contributed by atoms with E-state index in [2.05, 4.69) is 31.4 Å². The van der Waals surface area contributed by atoms with Gasteiger partial charge >= 0.3 is 5.97 Å². The quantitative estimate of drug-likeness (QED) is 0.0729. The maximum Gasteiger partial charge on any atom is 0.343 e. The largest absolute Gasteiger partial charge is 0.490 e. The fourth-order valence-electron chi connectivity index (χ4n) is 4.47. The molecule has 4 aromatic carbocycles. The second-order valence-corrected chi connectivity index (χ2v) is 10.0. The van der Waals surface area contributed by atoms with Crippen LogP contribution in [0.5, 0.6) is 17.2 Å². The van der Waals surface area contributed by atoms with Gasteiger partial charge in [-0.3, -0.25) is 4.79 Å². The number of benzene rings is 4. The lowest BCUT2D eigenvalue weighted by Crippen LogP contribution is -2.19. The third kappa shape index (κ3) is 6.37. The molecule has 0 aliphatic heterocycles. The highest BCUT2D eigenvalue weighted by Crippen LogP contribution is 2.34. The first-order chi connectivity index (χ1) is 20.5. The number of para-hydroxylation sites is 1. The highest BCUT2D eigenvalue weighted by Gasteiger charge is 2.20. The number of amides is 1. The van der Waals surface area contributed by atoms with E-state index in [1.54, 1.807) is 42.5 Å². The van der Waals surface area contributed by atoms with Crippen molar-refractivity contribution in [1.82, 2.24) is 10.4 Å². The van der Waals surface area contributed by atoms with E-state index in [4.69, 9.17) is 14.2 Å². The molecule has 0 radical (unpaired) electrons. The first kappa shape index (κ1) is 28.6. The van der Waals surface area contributed by atoms with Crippen molar-refractivity contribution in [2.75, 3.05) is 13.2 Å². The van der Waals surface area contributed by atoms with E-state index in [1.165, 1.54) is 6.21 Å². The third-order valence-corrected chi connectivity index (χ3v) is 6.81. The Hall–Kier alpha value is -4.89. The van der Waals surface area contributed by atoms with Gasteiger partial charge in [0.25, 0.3) is 5.91 Å². The molecule has 8 nitrogen and oxygen atoms in total. The molecule has 0 bridgehead atoms. The van der Waals surface area contributed by atoms with Crippen molar-refractivity contribution in [3.63, 3.8) is 0 Å². The van der Waals surface area contributed by atoms with E-state index in [-0.39, 0.29) is 5.75 Å². The Balaban J connectivity index is 1.36. The van der Waals surface area contributed by atoms with Crippen molar-refractivity contribution in [3.05, 3.63) is 112 Å². The summed E-state index contributed by atoms with van der Waals surface area (Å²) in [5.74, 6) is 0.320. The minimum Gasteiger partial charge on any atom is -0.490 e. The fraction of sp³-hybridized carbons (Fsp3) is 0.121. The maximum atomic E-state index is 13.3. The number of halogens is 1. The van der Waals surface area contributed by atoms with Crippen molar-refractivity contribution in [3.8, 4) is 28.4 Å². The number of carbonyl (C=O) groups excluding carboxylic acids is 2. The second-order valence-electron chi connectivity index (χ2n) is 9.08. The molecule has 0 saturated carbocycles. The molecule has 212 valence electrons. The topological polar surface area (TPSA) is 102 Å². The van der Waals surface area contributed by atoms with Crippen LogP contribution >= 0.6 is 15.9 Å². The van der Waals surface area contributed by atoms with E-state index in [0.29, 0.717) is 41.5 Å². The fourth-order valence-corrected chi connectivity index (χ4v) is 4.83. The van der Waals surface area contributed by atoms with Crippen LogP contribution in [0.15, 0.2) is 101 Å². The zero-order valence-corrected chi connectivity index (χ0v) is 24.6. The van der Waals surface area contributed by atoms with Gasteiger partial charge in [0.15, 0.2) is 11.5 Å². The van der Waals surface area contributed by atoms with Crippen LogP contribution in [0.2, 0.25) is 0 Å². The van der Waals surface area contributed by atoms with Gasteiger partial charge in [0.1, 0.15) is 11.4 Å². The molecule has 0 spiro atoms. The zero-order chi connectivity index (χ0) is 29.5. The number of H-pyrrole nitrogens is 1. The van der Waals surface area contributed by atoms with Gasteiger partial charge in [-0.2, -0.15) is 5.10 Å². The average Bonchev–Trinajstić information content (AvgIpc) is 3.38. The van der Waals surface area contributed by atoms with E-state index >= 15 is 0 Å². The molecule has 0 saturated heterocycles. The number of aromatic amines is 1. The number of hydrazone groups is 1. The first-order valence-corrected chi connectivity index (χ1v) is 14.2. The lowest BCUT2D eigenvalue weighted by molar-refractivity contribution is 0.0733. The Morgan fingerprint density at radius 3 is 2.38 bits per heavy atom. The molecule has 5 rings (SSSR count). The van der Waals surface area contributed by atoms with Crippen LogP contribution in [-0.2, 0) is 0 Å². The summed E-state index contributed by atoms with van der Waals surface area (Å²) in [6, 6.07) is 27.3. The molecule has 9 heteroatoms. The van der Waals surface area contributed by atoms with E-state index in [0.717, 1.165) is 26.5 Å². The van der Waals surface area contributed by atoms with Crippen LogP contribution in [0, 0.1) is 0 Å². The summed E-state index contributed by atoms with van der Waals surface area (Å²) in [5.41, 5.74) is 6.29. The molecule has 1 amide bonds. The second kappa shape index (κ2) is 13.2. The summed E-state index contributed by atoms with van der Waals surface area (Å²) in [6.45, 7) is 4.63. The summed E-state index contributed by atoms with van der Waals surface area (Å²) < 4.78 is 17.8. The van der Waals surface area contributed by atoms with Crippen LogP contribution < -0.4 is 19.6 Å². The monoisotopic (exact) mass is 625 g/mol. The Kier molecular flexibility index (Phi) is 8.99. The SMILES string of the molecule is CCOc1ccc(C(=O)Oc2ccccc2C=NNC(=O)c2[nH]c3ccc(Br)cc3c2-c2ccccc2)cc1OCC. The molecular formula is C33H28BrN3O5. The number of hydrogen-bond donors (Lipinski definition) is 2. The number of esters is 1. The maximum absolute atomic E-state index is 13.3. The minimum atomic E-state index is -0.569. The van der Waals surface area contributed by atoms with Crippen molar-refractivity contribution < 1.29 is 23.8 Å². The van der Waals surface area contributed by atoms with Gasteiger partial charge in [-0.05, 0) is 67.9 Å². The Morgan fingerprint density at radius 1 is 0.857 bits per heavy atom. The highest BCUT2D eigenvalue weighted by atomic mass is 79.9. The van der Waals surface area contributed by atoms with Gasteiger partial charge in [-0.25, -0.2) is 10.2 Å². The van der Waals surface area contributed by atoms with Gasteiger partial charge in [-0.1, -0.05) is 58.4 Å². The number of ether oxygens (including phenoxy) is 3. The molecular weight excluding hydrogens is 598 g/mol. The summed E-state index contributed by atoms with van der Waals surface area (Å²) in [5, 5.41) is 5.08. The summed E-state index contributed by atoms with van der Waals surface area (Å²) in [6.07, 6.45) is 1.44. The Morgan fingerprint density at radius 2 is 1.60 bits per heavy atom. The summed E-state index contributed by atoms with van der Waals surface area (Å²) >= 11 is 3.53. The number of nitrogens with zero attached hydrogens (tertiary/aromatic N) is 1. The van der Waals surface area contributed by atoms with Crippen LogP contribution in [0.25, 0.3) is 22.0 Å². The molecule has 2 N–H and O–H groups in total. The van der Waals surface area contributed by atoms with Crippen LogP contribution in [-0.4, -0.2) is 36.3 Å². The van der Waals surface area contributed by atoms with Crippen LogP contribution in [0.4, 0.5) is 0 Å². The summed E-state index contributed by atoms with van der Waals surface area (Å²) in [7, 11) is 0. The molecule has 0 aliphatic carbocycles.